The second kappa shape index (κ2) is 7.68. The number of rotatable bonds is 3. The average Bonchev–Trinajstić information content (AvgIpc) is 3.16. The molecule has 3 N–H and O–H groups in total. The zero-order chi connectivity index (χ0) is 21.5. The highest BCUT2D eigenvalue weighted by atomic mass is 19.1. The number of fused-ring (bicyclic) bond motifs is 3. The minimum absolute atomic E-state index is 0.0294. The highest BCUT2D eigenvalue weighted by Crippen LogP contribution is 2.38. The molecule has 0 saturated heterocycles. The Hall–Kier alpha value is -3.43. The van der Waals surface area contributed by atoms with E-state index in [4.69, 9.17) is 0 Å². The maximum Gasteiger partial charge on any atom is 0.163 e. The Morgan fingerprint density at radius 1 is 1.19 bits per heavy atom. The number of hydrogen-bond donors (Lipinski definition) is 3. The summed E-state index contributed by atoms with van der Waals surface area (Å²) in [6, 6.07) is 5.64. The third-order valence-corrected chi connectivity index (χ3v) is 5.59. The molecule has 5 rings (SSSR count). The fraction of sp³-hybridized carbons (Fsp3) is 0.227. The molecule has 0 bridgehead atoms. The van der Waals surface area contributed by atoms with Crippen LogP contribution in [0.25, 0.3) is 16.8 Å². The van der Waals surface area contributed by atoms with E-state index in [-0.39, 0.29) is 11.4 Å². The van der Waals surface area contributed by atoms with Crippen molar-refractivity contribution in [2.45, 2.75) is 19.6 Å². The third-order valence-electron chi connectivity index (χ3n) is 5.59. The predicted octanol–water partition coefficient (Wildman–Crippen LogP) is 3.68. The molecule has 0 fully saturated rings. The number of nitrogens with zero attached hydrogens (tertiary/aromatic N) is 4. The molecule has 0 radical (unpaired) electrons. The molecule has 9 heteroatoms. The first-order valence-corrected chi connectivity index (χ1v) is 9.96. The van der Waals surface area contributed by atoms with Crippen LogP contribution in [-0.2, 0) is 0 Å². The molecule has 7 nitrogen and oxygen atoms in total. The summed E-state index contributed by atoms with van der Waals surface area (Å²) in [4.78, 5) is 10.9. The number of aliphatic imine (C=N–C) groups is 1. The van der Waals surface area contributed by atoms with Gasteiger partial charge in [0.05, 0.1) is 23.1 Å². The van der Waals surface area contributed by atoms with Crippen LogP contribution in [0.2, 0.25) is 0 Å². The maximum absolute atomic E-state index is 14.4. The molecular formula is C22H20F2N6O. The Balaban J connectivity index is 1.59. The number of amidine groups is 1. The normalized spacial score (nSPS) is 17.0. The maximum atomic E-state index is 14.4. The molecular weight excluding hydrogens is 402 g/mol. The van der Waals surface area contributed by atoms with Crippen LogP contribution in [0, 0.1) is 11.6 Å². The van der Waals surface area contributed by atoms with Gasteiger partial charge in [0.25, 0.3) is 0 Å². The largest absolute Gasteiger partial charge is 0.379 e. The number of benzene rings is 1. The molecule has 31 heavy (non-hydrogen) atoms. The molecule has 1 aromatic carbocycles. The van der Waals surface area contributed by atoms with Crippen LogP contribution in [0.4, 0.5) is 20.3 Å². The van der Waals surface area contributed by atoms with E-state index < -0.39 is 17.9 Å². The van der Waals surface area contributed by atoms with Gasteiger partial charge in [0.15, 0.2) is 5.82 Å². The SMILES string of the molecule is CC(O)N1CC=C(c2cnc3c(c2)-c2[nH]ncc2NC(c2c(F)cccc2F)=N3)CC1. The van der Waals surface area contributed by atoms with Crippen molar-refractivity contribution in [3.05, 3.63) is 65.5 Å². The van der Waals surface area contributed by atoms with Crippen LogP contribution in [0.3, 0.4) is 0 Å². The molecule has 2 aromatic heterocycles. The van der Waals surface area contributed by atoms with Gasteiger partial charge in [-0.05, 0) is 42.7 Å². The molecule has 0 aliphatic carbocycles. The van der Waals surface area contributed by atoms with E-state index in [1.54, 1.807) is 19.3 Å². The third kappa shape index (κ3) is 3.51. The molecule has 2 aliphatic heterocycles. The van der Waals surface area contributed by atoms with Crippen LogP contribution in [0.15, 0.2) is 47.7 Å². The van der Waals surface area contributed by atoms with Gasteiger partial charge in [0.2, 0.25) is 0 Å². The number of nitrogens with one attached hydrogen (secondary N) is 2. The molecule has 0 saturated carbocycles. The highest BCUT2D eigenvalue weighted by Gasteiger charge is 2.24. The monoisotopic (exact) mass is 422 g/mol. The van der Waals surface area contributed by atoms with Gasteiger partial charge in [-0.3, -0.25) is 10.00 Å². The van der Waals surface area contributed by atoms with Crippen molar-refractivity contribution < 1.29 is 13.9 Å². The van der Waals surface area contributed by atoms with E-state index in [9.17, 15) is 13.9 Å². The molecule has 1 atom stereocenters. The Morgan fingerprint density at radius 2 is 2.00 bits per heavy atom. The van der Waals surface area contributed by atoms with E-state index in [1.165, 1.54) is 18.2 Å². The van der Waals surface area contributed by atoms with Crippen molar-refractivity contribution in [1.82, 2.24) is 20.1 Å². The zero-order valence-electron chi connectivity index (χ0n) is 16.7. The second-order valence-electron chi connectivity index (χ2n) is 7.54. The Kier molecular flexibility index (Phi) is 4.84. The molecule has 2 aliphatic rings. The van der Waals surface area contributed by atoms with Crippen LogP contribution in [0.5, 0.6) is 0 Å². The first-order chi connectivity index (χ1) is 15.0. The van der Waals surface area contributed by atoms with Crippen LogP contribution in [0.1, 0.15) is 24.5 Å². The standard InChI is InChI=1S/C22H20F2N6O/c1-12(31)30-7-5-13(6-8-30)14-9-15-20-18(11-26-29-20)27-22(28-21(15)25-10-14)19-16(23)3-2-4-17(19)24/h2-5,9-12,31H,6-8H2,1H3,(H,26,29)(H,25,27,28). The van der Waals surface area contributed by atoms with Gasteiger partial charge in [-0.25, -0.2) is 18.8 Å². The van der Waals surface area contributed by atoms with Gasteiger partial charge in [-0.1, -0.05) is 12.1 Å². The lowest BCUT2D eigenvalue weighted by atomic mass is 9.98. The van der Waals surface area contributed by atoms with Crippen LogP contribution < -0.4 is 5.32 Å². The lowest BCUT2D eigenvalue weighted by molar-refractivity contribution is 0.0267. The fourth-order valence-electron chi connectivity index (χ4n) is 3.88. The number of hydrogen-bond acceptors (Lipinski definition) is 6. The quantitative estimate of drug-likeness (QED) is 0.599. The second-order valence-corrected chi connectivity index (χ2v) is 7.54. The lowest BCUT2D eigenvalue weighted by Gasteiger charge is -2.28. The van der Waals surface area contributed by atoms with Crippen molar-refractivity contribution in [2.24, 2.45) is 4.99 Å². The van der Waals surface area contributed by atoms with Gasteiger partial charge in [-0.2, -0.15) is 5.10 Å². The van der Waals surface area contributed by atoms with Crippen molar-refractivity contribution in [3.63, 3.8) is 0 Å². The van der Waals surface area contributed by atoms with Gasteiger partial charge in [0.1, 0.15) is 23.7 Å². The molecule has 0 amide bonds. The molecule has 3 aromatic rings. The molecule has 4 heterocycles. The lowest BCUT2D eigenvalue weighted by Crippen LogP contribution is -2.36. The van der Waals surface area contributed by atoms with Crippen LogP contribution in [-0.4, -0.2) is 50.3 Å². The van der Waals surface area contributed by atoms with Crippen molar-refractivity contribution in [3.8, 4) is 11.3 Å². The molecule has 1 unspecified atom stereocenters. The van der Waals surface area contributed by atoms with E-state index >= 15 is 0 Å². The van der Waals surface area contributed by atoms with E-state index in [0.29, 0.717) is 29.3 Å². The summed E-state index contributed by atoms with van der Waals surface area (Å²) in [5.41, 5.74) is 3.68. The summed E-state index contributed by atoms with van der Waals surface area (Å²) >= 11 is 0. The van der Waals surface area contributed by atoms with Gasteiger partial charge < -0.3 is 10.4 Å². The number of aliphatic hydroxyl groups is 1. The predicted molar refractivity (Wildman–Crippen MR) is 114 cm³/mol. The number of pyridine rings is 1. The summed E-state index contributed by atoms with van der Waals surface area (Å²) in [6.07, 6.45) is 5.61. The zero-order valence-corrected chi connectivity index (χ0v) is 16.7. The molecule has 0 spiro atoms. The van der Waals surface area contributed by atoms with E-state index in [2.05, 4.69) is 31.6 Å². The number of halogens is 2. The van der Waals surface area contributed by atoms with Gasteiger partial charge in [-0.15, -0.1) is 0 Å². The summed E-state index contributed by atoms with van der Waals surface area (Å²) < 4.78 is 28.8. The fourth-order valence-corrected chi connectivity index (χ4v) is 3.88. The smallest absolute Gasteiger partial charge is 0.163 e. The number of anilines is 1. The summed E-state index contributed by atoms with van der Waals surface area (Å²) in [5.74, 6) is -1.07. The summed E-state index contributed by atoms with van der Waals surface area (Å²) in [6.45, 7) is 3.14. The van der Waals surface area contributed by atoms with Crippen molar-refractivity contribution in [2.75, 3.05) is 18.4 Å². The van der Waals surface area contributed by atoms with Crippen LogP contribution >= 0.6 is 0 Å². The Labute approximate surface area is 177 Å². The van der Waals surface area contributed by atoms with E-state index in [1.807, 2.05) is 11.0 Å². The first kappa shape index (κ1) is 19.5. The Morgan fingerprint density at radius 3 is 2.71 bits per heavy atom. The number of aromatic nitrogens is 3. The topological polar surface area (TPSA) is 89.4 Å². The van der Waals surface area contributed by atoms with Gasteiger partial charge in [0, 0.05) is 24.8 Å². The van der Waals surface area contributed by atoms with Gasteiger partial charge >= 0.3 is 0 Å². The number of H-pyrrole nitrogens is 1. The summed E-state index contributed by atoms with van der Waals surface area (Å²) in [5, 5.41) is 19.8. The Bertz CT molecular complexity index is 1200. The first-order valence-electron chi connectivity index (χ1n) is 9.96. The number of aromatic amines is 1. The van der Waals surface area contributed by atoms with Crippen molar-refractivity contribution in [1.29, 1.82) is 0 Å². The number of aliphatic hydroxyl groups excluding tert-OH is 1. The summed E-state index contributed by atoms with van der Waals surface area (Å²) in [7, 11) is 0. The average molecular weight is 422 g/mol. The van der Waals surface area contributed by atoms with E-state index in [0.717, 1.165) is 24.1 Å². The van der Waals surface area contributed by atoms with Crippen molar-refractivity contribution >= 4 is 22.9 Å². The molecule has 158 valence electrons. The highest BCUT2D eigenvalue weighted by molar-refractivity contribution is 6.13. The minimum Gasteiger partial charge on any atom is -0.379 e. The minimum atomic E-state index is -0.716.